The van der Waals surface area contributed by atoms with Gasteiger partial charge in [0.2, 0.25) is 5.95 Å². The Kier molecular flexibility index (Phi) is 5.99. The SMILES string of the molecule is Fc1cc(Nc2ncccn2)cc(F)c1F.Nc1cc(F)c(F)c(F)c1. The lowest BCUT2D eigenvalue weighted by Gasteiger charge is -2.04. The summed E-state index contributed by atoms with van der Waals surface area (Å²) in [7, 11) is 0. The highest BCUT2D eigenvalue weighted by Gasteiger charge is 2.11. The van der Waals surface area contributed by atoms with Gasteiger partial charge < -0.3 is 11.1 Å². The summed E-state index contributed by atoms with van der Waals surface area (Å²) in [5.74, 6) is -7.88. The summed E-state index contributed by atoms with van der Waals surface area (Å²) in [5, 5.41) is 2.54. The van der Waals surface area contributed by atoms with Crippen molar-refractivity contribution in [1.82, 2.24) is 9.97 Å². The number of anilines is 3. The molecule has 0 fully saturated rings. The van der Waals surface area contributed by atoms with Crippen LogP contribution in [-0.4, -0.2) is 9.97 Å². The summed E-state index contributed by atoms with van der Waals surface area (Å²) in [6.07, 6.45) is 2.93. The van der Waals surface area contributed by atoms with Crippen LogP contribution in [0.3, 0.4) is 0 Å². The summed E-state index contributed by atoms with van der Waals surface area (Å²) in [4.78, 5) is 7.59. The molecule has 3 N–H and O–H groups in total. The third-order valence-corrected chi connectivity index (χ3v) is 2.81. The van der Waals surface area contributed by atoms with E-state index in [9.17, 15) is 26.3 Å². The second-order valence-electron chi connectivity index (χ2n) is 4.75. The van der Waals surface area contributed by atoms with Crippen LogP contribution in [0.15, 0.2) is 42.7 Å². The number of hydrogen-bond donors (Lipinski definition) is 2. The van der Waals surface area contributed by atoms with Crippen LogP contribution in [-0.2, 0) is 0 Å². The average Bonchev–Trinajstić information content (AvgIpc) is 2.59. The summed E-state index contributed by atoms with van der Waals surface area (Å²) < 4.78 is 74.7. The highest BCUT2D eigenvalue weighted by molar-refractivity contribution is 5.53. The first kappa shape index (κ1) is 19.0. The number of benzene rings is 2. The van der Waals surface area contributed by atoms with Crippen molar-refractivity contribution < 1.29 is 26.3 Å². The summed E-state index contributed by atoms with van der Waals surface area (Å²) >= 11 is 0. The molecule has 136 valence electrons. The van der Waals surface area contributed by atoms with Crippen LogP contribution >= 0.6 is 0 Å². The Hall–Kier alpha value is -3.30. The lowest BCUT2D eigenvalue weighted by Crippen LogP contribution is -1.99. The maximum Gasteiger partial charge on any atom is 0.227 e. The molecule has 0 radical (unpaired) electrons. The topological polar surface area (TPSA) is 63.8 Å². The van der Waals surface area contributed by atoms with Crippen LogP contribution in [0.2, 0.25) is 0 Å². The molecule has 26 heavy (non-hydrogen) atoms. The van der Waals surface area contributed by atoms with E-state index >= 15 is 0 Å². The molecule has 0 aliphatic rings. The van der Waals surface area contributed by atoms with E-state index in [1.165, 1.54) is 12.4 Å². The number of nitrogens with two attached hydrogens (primary N) is 1. The Bertz CT molecular complexity index is 858. The van der Waals surface area contributed by atoms with Crippen molar-refractivity contribution in [3.8, 4) is 0 Å². The highest BCUT2D eigenvalue weighted by atomic mass is 19.2. The fraction of sp³-hybridized carbons (Fsp3) is 0. The van der Waals surface area contributed by atoms with Gasteiger partial charge in [-0.1, -0.05) is 0 Å². The second kappa shape index (κ2) is 8.19. The van der Waals surface area contributed by atoms with Gasteiger partial charge in [0, 0.05) is 48.0 Å². The van der Waals surface area contributed by atoms with Gasteiger partial charge in [0.15, 0.2) is 34.9 Å². The zero-order chi connectivity index (χ0) is 19.3. The fourth-order valence-electron chi connectivity index (χ4n) is 1.70. The molecule has 0 unspecified atom stereocenters. The van der Waals surface area contributed by atoms with E-state index in [1.54, 1.807) is 6.07 Å². The average molecular weight is 372 g/mol. The number of nitrogens with one attached hydrogen (secondary N) is 1. The number of nitrogen functional groups attached to an aromatic ring is 1. The molecule has 4 nitrogen and oxygen atoms in total. The van der Waals surface area contributed by atoms with Crippen LogP contribution in [0.25, 0.3) is 0 Å². The van der Waals surface area contributed by atoms with Gasteiger partial charge in [-0.2, -0.15) is 0 Å². The van der Waals surface area contributed by atoms with Crippen molar-refractivity contribution >= 4 is 17.3 Å². The first-order valence-electron chi connectivity index (χ1n) is 6.86. The van der Waals surface area contributed by atoms with Gasteiger partial charge in [-0.05, 0) is 6.07 Å². The van der Waals surface area contributed by atoms with Crippen LogP contribution in [0.5, 0.6) is 0 Å². The van der Waals surface area contributed by atoms with Crippen molar-refractivity contribution in [2.24, 2.45) is 0 Å². The number of halogens is 6. The molecule has 0 aliphatic heterocycles. The summed E-state index contributed by atoms with van der Waals surface area (Å²) in [6, 6.07) is 4.69. The van der Waals surface area contributed by atoms with Gasteiger partial charge >= 0.3 is 0 Å². The van der Waals surface area contributed by atoms with Crippen molar-refractivity contribution in [2.75, 3.05) is 11.1 Å². The molecule has 3 rings (SSSR count). The second-order valence-corrected chi connectivity index (χ2v) is 4.75. The maximum absolute atomic E-state index is 12.8. The Labute approximate surface area is 143 Å². The Morgan fingerprint density at radius 2 is 1.12 bits per heavy atom. The molecule has 0 aliphatic carbocycles. The molecule has 1 heterocycles. The van der Waals surface area contributed by atoms with Crippen molar-refractivity contribution in [3.05, 3.63) is 77.6 Å². The third kappa shape index (κ3) is 4.85. The molecular weight excluding hydrogens is 362 g/mol. The predicted molar refractivity (Wildman–Crippen MR) is 82.4 cm³/mol. The zero-order valence-corrected chi connectivity index (χ0v) is 12.8. The van der Waals surface area contributed by atoms with Gasteiger partial charge in [0.05, 0.1) is 0 Å². The highest BCUT2D eigenvalue weighted by Crippen LogP contribution is 2.19. The molecule has 0 spiro atoms. The largest absolute Gasteiger partial charge is 0.399 e. The fourth-order valence-corrected chi connectivity index (χ4v) is 1.70. The van der Waals surface area contributed by atoms with Gasteiger partial charge in [-0.15, -0.1) is 0 Å². The van der Waals surface area contributed by atoms with E-state index in [4.69, 9.17) is 5.73 Å². The molecule has 0 saturated heterocycles. The molecule has 0 amide bonds. The number of nitrogens with zero attached hydrogens (tertiary/aromatic N) is 2. The first-order chi connectivity index (χ1) is 12.3. The summed E-state index contributed by atoms with van der Waals surface area (Å²) in [5.41, 5.74) is 4.90. The normalized spacial score (nSPS) is 10.1. The van der Waals surface area contributed by atoms with Crippen molar-refractivity contribution in [1.29, 1.82) is 0 Å². The molecule has 10 heteroatoms. The lowest BCUT2D eigenvalue weighted by atomic mass is 10.3. The van der Waals surface area contributed by atoms with E-state index < -0.39 is 34.9 Å². The van der Waals surface area contributed by atoms with E-state index in [0.717, 1.165) is 24.3 Å². The van der Waals surface area contributed by atoms with Gasteiger partial charge in [-0.3, -0.25) is 0 Å². The molecule has 2 aromatic carbocycles. The number of hydrogen-bond acceptors (Lipinski definition) is 4. The van der Waals surface area contributed by atoms with E-state index in [2.05, 4.69) is 15.3 Å². The predicted octanol–water partition coefficient (Wildman–Crippen LogP) is 4.32. The van der Waals surface area contributed by atoms with E-state index in [-0.39, 0.29) is 17.3 Å². The molecule has 1 aromatic heterocycles. The Morgan fingerprint density at radius 3 is 1.58 bits per heavy atom. The molecule has 0 bridgehead atoms. The molecule has 0 saturated carbocycles. The third-order valence-electron chi connectivity index (χ3n) is 2.81. The van der Waals surface area contributed by atoms with Crippen LogP contribution in [0, 0.1) is 34.9 Å². The van der Waals surface area contributed by atoms with E-state index in [1.807, 2.05) is 0 Å². The minimum absolute atomic E-state index is 0.0441. The smallest absolute Gasteiger partial charge is 0.227 e. The zero-order valence-electron chi connectivity index (χ0n) is 12.8. The lowest BCUT2D eigenvalue weighted by molar-refractivity contribution is 0.448. The van der Waals surface area contributed by atoms with Crippen molar-refractivity contribution in [3.63, 3.8) is 0 Å². The van der Waals surface area contributed by atoms with Gasteiger partial charge in [-0.25, -0.2) is 36.3 Å². The standard InChI is InChI=1S/C10H6F3N3.C6H4F3N/c11-7-4-6(5-8(12)9(7)13)16-10-14-2-1-3-15-10;7-4-1-3(10)2-5(8)6(4)9/h1-5H,(H,14,15,16);1-2H,10H2. The monoisotopic (exact) mass is 372 g/mol. The van der Waals surface area contributed by atoms with Crippen LogP contribution in [0.4, 0.5) is 43.7 Å². The van der Waals surface area contributed by atoms with Gasteiger partial charge in [0.25, 0.3) is 0 Å². The number of rotatable bonds is 2. The van der Waals surface area contributed by atoms with Crippen molar-refractivity contribution in [2.45, 2.75) is 0 Å². The number of aromatic nitrogens is 2. The Balaban J connectivity index is 0.000000209. The maximum atomic E-state index is 12.8. The van der Waals surface area contributed by atoms with E-state index in [0.29, 0.717) is 0 Å². The first-order valence-corrected chi connectivity index (χ1v) is 6.86. The van der Waals surface area contributed by atoms with Crippen LogP contribution < -0.4 is 11.1 Å². The molecule has 0 atom stereocenters. The summed E-state index contributed by atoms with van der Waals surface area (Å²) in [6.45, 7) is 0. The minimum atomic E-state index is -1.50. The van der Waals surface area contributed by atoms with Crippen LogP contribution in [0.1, 0.15) is 0 Å². The molecular formula is C16H10F6N4. The Morgan fingerprint density at radius 1 is 0.692 bits per heavy atom. The molecule has 3 aromatic rings. The minimum Gasteiger partial charge on any atom is -0.399 e. The quantitative estimate of drug-likeness (QED) is 0.399. The van der Waals surface area contributed by atoms with Gasteiger partial charge in [0.1, 0.15) is 0 Å².